The van der Waals surface area contributed by atoms with Crippen molar-refractivity contribution in [3.63, 3.8) is 0 Å². The number of anilines is 1. The molecule has 0 aliphatic heterocycles. The van der Waals surface area contributed by atoms with Crippen molar-refractivity contribution in [2.24, 2.45) is 5.92 Å². The molecular weight excluding hydrogens is 260 g/mol. The van der Waals surface area contributed by atoms with Crippen LogP contribution in [0.5, 0.6) is 0 Å². The minimum atomic E-state index is 0.0915. The van der Waals surface area contributed by atoms with Gasteiger partial charge in [-0.1, -0.05) is 31.4 Å². The highest BCUT2D eigenvalue weighted by Gasteiger charge is 2.19. The minimum absolute atomic E-state index is 0.0915. The molecule has 1 saturated carbocycles. The zero-order chi connectivity index (χ0) is 15.1. The fourth-order valence-corrected chi connectivity index (χ4v) is 3.18. The lowest BCUT2D eigenvalue weighted by molar-refractivity contribution is -0.120. The van der Waals surface area contributed by atoms with Crippen LogP contribution in [0.25, 0.3) is 0 Å². The molecule has 0 bridgehead atoms. The van der Waals surface area contributed by atoms with E-state index < -0.39 is 0 Å². The molecule has 0 aromatic heterocycles. The summed E-state index contributed by atoms with van der Waals surface area (Å²) in [5.41, 5.74) is 2.23. The molecule has 116 valence electrons. The number of carbonyl (C=O) groups excluding carboxylic acids is 1. The SMILES string of the molecule is CCNC(=O)Cc1ccc(NC(C)C2CCCCC2)cc1. The Morgan fingerprint density at radius 3 is 2.48 bits per heavy atom. The van der Waals surface area contributed by atoms with Crippen molar-refractivity contribution in [3.05, 3.63) is 29.8 Å². The second-order valence-corrected chi connectivity index (χ2v) is 6.16. The first-order valence-corrected chi connectivity index (χ1v) is 8.31. The molecule has 0 spiro atoms. The molecule has 1 atom stereocenters. The van der Waals surface area contributed by atoms with Gasteiger partial charge < -0.3 is 10.6 Å². The number of benzene rings is 1. The van der Waals surface area contributed by atoms with E-state index in [2.05, 4.69) is 29.7 Å². The first-order valence-electron chi connectivity index (χ1n) is 8.31. The van der Waals surface area contributed by atoms with Crippen LogP contribution in [-0.4, -0.2) is 18.5 Å². The third-order valence-electron chi connectivity index (χ3n) is 4.44. The molecule has 1 amide bonds. The van der Waals surface area contributed by atoms with Crippen LogP contribution in [0.1, 0.15) is 51.5 Å². The normalized spacial score (nSPS) is 17.2. The molecule has 0 radical (unpaired) electrons. The summed E-state index contributed by atoms with van der Waals surface area (Å²) in [7, 11) is 0. The Labute approximate surface area is 128 Å². The molecule has 0 heterocycles. The number of nitrogens with one attached hydrogen (secondary N) is 2. The van der Waals surface area contributed by atoms with Crippen LogP contribution < -0.4 is 10.6 Å². The highest BCUT2D eigenvalue weighted by atomic mass is 16.1. The van der Waals surface area contributed by atoms with E-state index in [0.717, 1.165) is 17.2 Å². The van der Waals surface area contributed by atoms with E-state index in [4.69, 9.17) is 0 Å². The van der Waals surface area contributed by atoms with Gasteiger partial charge in [-0.25, -0.2) is 0 Å². The van der Waals surface area contributed by atoms with E-state index in [1.165, 1.54) is 32.1 Å². The van der Waals surface area contributed by atoms with Gasteiger partial charge in [0.2, 0.25) is 5.91 Å². The zero-order valence-corrected chi connectivity index (χ0v) is 13.3. The van der Waals surface area contributed by atoms with Gasteiger partial charge >= 0.3 is 0 Å². The maximum atomic E-state index is 11.6. The lowest BCUT2D eigenvalue weighted by Crippen LogP contribution is -2.27. The average Bonchev–Trinajstić information content (AvgIpc) is 2.50. The van der Waals surface area contributed by atoms with Gasteiger partial charge in [0.1, 0.15) is 0 Å². The second kappa shape index (κ2) is 8.06. The predicted molar refractivity (Wildman–Crippen MR) is 88.5 cm³/mol. The van der Waals surface area contributed by atoms with E-state index in [1.54, 1.807) is 0 Å². The van der Waals surface area contributed by atoms with Crippen LogP contribution in [-0.2, 0) is 11.2 Å². The zero-order valence-electron chi connectivity index (χ0n) is 13.3. The number of rotatable bonds is 6. The number of hydrogen-bond acceptors (Lipinski definition) is 2. The molecule has 1 aromatic carbocycles. The number of hydrogen-bond donors (Lipinski definition) is 2. The Morgan fingerprint density at radius 1 is 1.19 bits per heavy atom. The highest BCUT2D eigenvalue weighted by Crippen LogP contribution is 2.28. The van der Waals surface area contributed by atoms with Crippen molar-refractivity contribution in [3.8, 4) is 0 Å². The summed E-state index contributed by atoms with van der Waals surface area (Å²) in [4.78, 5) is 11.6. The monoisotopic (exact) mass is 288 g/mol. The predicted octanol–water partition coefficient (Wildman–Crippen LogP) is 3.75. The molecule has 21 heavy (non-hydrogen) atoms. The van der Waals surface area contributed by atoms with Gasteiger partial charge in [-0.15, -0.1) is 0 Å². The Morgan fingerprint density at radius 2 is 1.86 bits per heavy atom. The average molecular weight is 288 g/mol. The number of carbonyl (C=O) groups is 1. The van der Waals surface area contributed by atoms with Gasteiger partial charge in [0.05, 0.1) is 6.42 Å². The largest absolute Gasteiger partial charge is 0.382 e. The summed E-state index contributed by atoms with van der Waals surface area (Å²) in [5, 5.41) is 6.45. The van der Waals surface area contributed by atoms with Crippen molar-refractivity contribution in [1.82, 2.24) is 5.32 Å². The molecule has 2 N–H and O–H groups in total. The van der Waals surface area contributed by atoms with E-state index in [-0.39, 0.29) is 5.91 Å². The number of amides is 1. The molecule has 2 rings (SSSR count). The summed E-state index contributed by atoms with van der Waals surface area (Å²) in [5.74, 6) is 0.891. The fourth-order valence-electron chi connectivity index (χ4n) is 3.18. The number of likely N-dealkylation sites (N-methyl/N-ethyl adjacent to an activating group) is 1. The van der Waals surface area contributed by atoms with Crippen molar-refractivity contribution in [2.45, 2.75) is 58.4 Å². The summed E-state index contributed by atoms with van der Waals surface area (Å²) in [6.45, 7) is 4.92. The molecule has 0 saturated heterocycles. The highest BCUT2D eigenvalue weighted by molar-refractivity contribution is 5.78. The third kappa shape index (κ3) is 5.07. The van der Waals surface area contributed by atoms with E-state index in [1.807, 2.05) is 19.1 Å². The molecule has 1 fully saturated rings. The van der Waals surface area contributed by atoms with Gasteiger partial charge in [0.25, 0.3) is 0 Å². The van der Waals surface area contributed by atoms with Crippen molar-refractivity contribution in [2.75, 3.05) is 11.9 Å². The van der Waals surface area contributed by atoms with Crippen molar-refractivity contribution in [1.29, 1.82) is 0 Å². The lowest BCUT2D eigenvalue weighted by Gasteiger charge is -2.29. The first kappa shape index (κ1) is 15.9. The molecule has 1 aliphatic carbocycles. The van der Waals surface area contributed by atoms with Crippen LogP contribution in [0, 0.1) is 5.92 Å². The summed E-state index contributed by atoms with van der Waals surface area (Å²) >= 11 is 0. The van der Waals surface area contributed by atoms with Crippen molar-refractivity contribution < 1.29 is 4.79 Å². The van der Waals surface area contributed by atoms with E-state index >= 15 is 0 Å². The summed E-state index contributed by atoms with van der Waals surface area (Å²) < 4.78 is 0. The van der Waals surface area contributed by atoms with Crippen LogP contribution in [0.4, 0.5) is 5.69 Å². The molecule has 1 aliphatic rings. The second-order valence-electron chi connectivity index (χ2n) is 6.16. The Kier molecular flexibility index (Phi) is 6.09. The standard InChI is InChI=1S/C18H28N2O/c1-3-19-18(21)13-15-9-11-17(12-10-15)20-14(2)16-7-5-4-6-8-16/h9-12,14,16,20H,3-8,13H2,1-2H3,(H,19,21). The van der Waals surface area contributed by atoms with Gasteiger partial charge in [-0.05, 0) is 50.3 Å². The molecule has 3 nitrogen and oxygen atoms in total. The van der Waals surface area contributed by atoms with Crippen LogP contribution in [0.2, 0.25) is 0 Å². The smallest absolute Gasteiger partial charge is 0.224 e. The summed E-state index contributed by atoms with van der Waals surface area (Å²) in [6.07, 6.45) is 7.32. The van der Waals surface area contributed by atoms with Gasteiger partial charge in [-0.2, -0.15) is 0 Å². The van der Waals surface area contributed by atoms with Gasteiger partial charge in [0.15, 0.2) is 0 Å². The lowest BCUT2D eigenvalue weighted by atomic mass is 9.84. The van der Waals surface area contributed by atoms with Gasteiger partial charge in [0, 0.05) is 18.3 Å². The van der Waals surface area contributed by atoms with Crippen LogP contribution >= 0.6 is 0 Å². The summed E-state index contributed by atoms with van der Waals surface area (Å²) in [6, 6.07) is 8.80. The Bertz CT molecular complexity index is 435. The molecule has 1 aromatic rings. The minimum Gasteiger partial charge on any atom is -0.382 e. The first-order chi connectivity index (χ1) is 10.2. The Balaban J connectivity index is 1.85. The van der Waals surface area contributed by atoms with Gasteiger partial charge in [-0.3, -0.25) is 4.79 Å². The fraction of sp³-hybridized carbons (Fsp3) is 0.611. The molecule has 1 unspecified atom stereocenters. The molecule has 3 heteroatoms. The maximum absolute atomic E-state index is 11.6. The van der Waals surface area contributed by atoms with E-state index in [9.17, 15) is 4.79 Å². The molecular formula is C18H28N2O. The third-order valence-corrected chi connectivity index (χ3v) is 4.44. The van der Waals surface area contributed by atoms with Crippen molar-refractivity contribution >= 4 is 11.6 Å². The van der Waals surface area contributed by atoms with Crippen LogP contribution in [0.3, 0.4) is 0 Å². The van der Waals surface area contributed by atoms with E-state index in [0.29, 0.717) is 19.0 Å². The van der Waals surface area contributed by atoms with Crippen LogP contribution in [0.15, 0.2) is 24.3 Å². The Hall–Kier alpha value is -1.51. The topological polar surface area (TPSA) is 41.1 Å². The quantitative estimate of drug-likeness (QED) is 0.837. The maximum Gasteiger partial charge on any atom is 0.224 e.